The zero-order chi connectivity index (χ0) is 13.9. The highest BCUT2D eigenvalue weighted by atomic mass is 16.3. The van der Waals surface area contributed by atoms with E-state index in [1.807, 2.05) is 6.07 Å². The lowest BCUT2D eigenvalue weighted by Crippen LogP contribution is -2.46. The summed E-state index contributed by atoms with van der Waals surface area (Å²) in [5.74, 6) is 0.590. The van der Waals surface area contributed by atoms with Crippen LogP contribution < -0.4 is 11.1 Å². The lowest BCUT2D eigenvalue weighted by Gasteiger charge is -2.40. The van der Waals surface area contributed by atoms with Crippen molar-refractivity contribution in [2.24, 2.45) is 5.92 Å². The molecule has 19 heavy (non-hydrogen) atoms. The van der Waals surface area contributed by atoms with Gasteiger partial charge in [-0.2, -0.15) is 5.26 Å². The predicted molar refractivity (Wildman–Crippen MR) is 76.6 cm³/mol. The molecule has 1 aromatic carbocycles. The molecule has 4 heteroatoms. The molecule has 1 aromatic rings. The van der Waals surface area contributed by atoms with Crippen molar-refractivity contribution in [1.82, 2.24) is 0 Å². The molecule has 2 atom stereocenters. The average Bonchev–Trinajstić information content (AvgIpc) is 2.41. The molecule has 2 unspecified atom stereocenters. The second kappa shape index (κ2) is 5.50. The van der Waals surface area contributed by atoms with Gasteiger partial charge in [0.2, 0.25) is 0 Å². The van der Waals surface area contributed by atoms with E-state index in [-0.39, 0.29) is 12.1 Å². The first-order chi connectivity index (χ1) is 9.08. The summed E-state index contributed by atoms with van der Waals surface area (Å²) < 4.78 is 0. The van der Waals surface area contributed by atoms with Crippen molar-refractivity contribution in [3.05, 3.63) is 23.8 Å². The van der Waals surface area contributed by atoms with E-state index in [1.54, 1.807) is 12.1 Å². The lowest BCUT2D eigenvalue weighted by molar-refractivity contribution is 0.149. The molecule has 0 aromatic heterocycles. The summed E-state index contributed by atoms with van der Waals surface area (Å²) in [6.45, 7) is 2.30. The SMILES string of the molecule is CC1CCCC(CO)(Nc2ccc(N)cc2C#N)C1. The monoisotopic (exact) mass is 259 g/mol. The fourth-order valence-corrected chi connectivity index (χ4v) is 3.01. The van der Waals surface area contributed by atoms with E-state index in [4.69, 9.17) is 5.73 Å². The molecule has 1 aliphatic carbocycles. The third-order valence-corrected chi connectivity index (χ3v) is 3.96. The molecule has 0 bridgehead atoms. The number of aliphatic hydroxyl groups is 1. The third kappa shape index (κ3) is 2.99. The Balaban J connectivity index is 2.26. The zero-order valence-electron chi connectivity index (χ0n) is 11.3. The van der Waals surface area contributed by atoms with Gasteiger partial charge in [0.25, 0.3) is 0 Å². The predicted octanol–water partition coefficient (Wildman–Crippen LogP) is 2.49. The molecule has 0 saturated heterocycles. The molecule has 0 aliphatic heterocycles. The van der Waals surface area contributed by atoms with Crippen molar-refractivity contribution < 1.29 is 5.11 Å². The van der Waals surface area contributed by atoms with Gasteiger partial charge in [0.15, 0.2) is 0 Å². The number of nitrogen functional groups attached to an aromatic ring is 1. The Morgan fingerprint density at radius 1 is 1.58 bits per heavy atom. The largest absolute Gasteiger partial charge is 0.399 e. The highest BCUT2D eigenvalue weighted by Crippen LogP contribution is 2.35. The molecule has 102 valence electrons. The maximum Gasteiger partial charge on any atom is 0.101 e. The Hall–Kier alpha value is -1.73. The highest BCUT2D eigenvalue weighted by Gasteiger charge is 2.34. The molecular formula is C15H21N3O. The van der Waals surface area contributed by atoms with Crippen molar-refractivity contribution in [1.29, 1.82) is 5.26 Å². The summed E-state index contributed by atoms with van der Waals surface area (Å²) in [6.07, 6.45) is 4.17. The van der Waals surface area contributed by atoms with Crippen LogP contribution in [0, 0.1) is 17.2 Å². The Morgan fingerprint density at radius 2 is 2.37 bits per heavy atom. The number of hydrogen-bond donors (Lipinski definition) is 3. The van der Waals surface area contributed by atoms with Crippen molar-refractivity contribution in [2.75, 3.05) is 17.7 Å². The Labute approximate surface area is 114 Å². The molecule has 0 spiro atoms. The van der Waals surface area contributed by atoms with Crippen LogP contribution in [0.2, 0.25) is 0 Å². The van der Waals surface area contributed by atoms with Gasteiger partial charge in [0.1, 0.15) is 6.07 Å². The van der Waals surface area contributed by atoms with Gasteiger partial charge in [-0.1, -0.05) is 19.8 Å². The number of nitrogens with two attached hydrogens (primary N) is 1. The first-order valence-electron chi connectivity index (χ1n) is 6.77. The van der Waals surface area contributed by atoms with Crippen molar-refractivity contribution in [3.8, 4) is 6.07 Å². The van der Waals surface area contributed by atoms with Crippen LogP contribution in [0.5, 0.6) is 0 Å². The van der Waals surface area contributed by atoms with E-state index in [9.17, 15) is 10.4 Å². The summed E-state index contributed by atoms with van der Waals surface area (Å²) in [5.41, 5.74) is 7.27. The van der Waals surface area contributed by atoms with E-state index in [0.717, 1.165) is 24.9 Å². The number of nitrogens with one attached hydrogen (secondary N) is 1. The Bertz CT molecular complexity index is 495. The molecule has 1 fully saturated rings. The van der Waals surface area contributed by atoms with E-state index < -0.39 is 0 Å². The van der Waals surface area contributed by atoms with Gasteiger partial charge < -0.3 is 16.2 Å². The second-order valence-electron chi connectivity index (χ2n) is 5.68. The zero-order valence-corrected chi connectivity index (χ0v) is 11.3. The van der Waals surface area contributed by atoms with Gasteiger partial charge in [-0.15, -0.1) is 0 Å². The van der Waals surface area contributed by atoms with Gasteiger partial charge in [-0.3, -0.25) is 0 Å². The minimum absolute atomic E-state index is 0.0899. The molecule has 0 radical (unpaired) electrons. The second-order valence-corrected chi connectivity index (χ2v) is 5.68. The van der Waals surface area contributed by atoms with Crippen molar-refractivity contribution in [3.63, 3.8) is 0 Å². The van der Waals surface area contributed by atoms with Crippen LogP contribution in [-0.2, 0) is 0 Å². The fraction of sp³-hybridized carbons (Fsp3) is 0.533. The van der Waals surface area contributed by atoms with Gasteiger partial charge in [0, 0.05) is 5.69 Å². The summed E-state index contributed by atoms with van der Waals surface area (Å²) >= 11 is 0. The van der Waals surface area contributed by atoms with Crippen LogP contribution >= 0.6 is 0 Å². The standard InChI is InChI=1S/C15H21N3O/c1-11-3-2-6-15(8-11,10-19)18-14-5-4-13(17)7-12(14)9-16/h4-5,7,11,18-19H,2-3,6,8,10,17H2,1H3. The number of anilines is 2. The van der Waals surface area contributed by atoms with Crippen LogP contribution in [0.25, 0.3) is 0 Å². The minimum atomic E-state index is -0.306. The first-order valence-corrected chi connectivity index (χ1v) is 6.77. The molecule has 1 saturated carbocycles. The molecule has 4 nitrogen and oxygen atoms in total. The van der Waals surface area contributed by atoms with Crippen LogP contribution in [0.3, 0.4) is 0 Å². The Morgan fingerprint density at radius 3 is 3.00 bits per heavy atom. The van der Waals surface area contributed by atoms with Crippen LogP contribution in [-0.4, -0.2) is 17.3 Å². The topological polar surface area (TPSA) is 82.1 Å². The highest BCUT2D eigenvalue weighted by molar-refractivity contribution is 5.64. The summed E-state index contributed by atoms with van der Waals surface area (Å²) in [6, 6.07) is 7.42. The van der Waals surface area contributed by atoms with Crippen molar-refractivity contribution >= 4 is 11.4 Å². The summed E-state index contributed by atoms with van der Waals surface area (Å²) in [4.78, 5) is 0. The molecular weight excluding hydrogens is 238 g/mol. The van der Waals surface area contributed by atoms with Crippen LogP contribution in [0.15, 0.2) is 18.2 Å². The number of rotatable bonds is 3. The Kier molecular flexibility index (Phi) is 3.96. The number of nitriles is 1. The minimum Gasteiger partial charge on any atom is -0.399 e. The average molecular weight is 259 g/mol. The normalized spacial score (nSPS) is 26.7. The molecule has 1 aliphatic rings. The van der Waals surface area contributed by atoms with Crippen LogP contribution in [0.1, 0.15) is 38.2 Å². The van der Waals surface area contributed by atoms with E-state index >= 15 is 0 Å². The quantitative estimate of drug-likeness (QED) is 0.728. The number of aliphatic hydroxyl groups excluding tert-OH is 1. The molecule has 2 rings (SSSR count). The third-order valence-electron chi connectivity index (χ3n) is 3.96. The molecule has 0 heterocycles. The number of benzene rings is 1. The molecule has 0 amide bonds. The van der Waals surface area contributed by atoms with E-state index in [0.29, 0.717) is 17.2 Å². The number of hydrogen-bond acceptors (Lipinski definition) is 4. The summed E-state index contributed by atoms with van der Waals surface area (Å²) in [7, 11) is 0. The van der Waals surface area contributed by atoms with E-state index in [2.05, 4.69) is 18.3 Å². The van der Waals surface area contributed by atoms with E-state index in [1.165, 1.54) is 6.42 Å². The van der Waals surface area contributed by atoms with Gasteiger partial charge in [-0.25, -0.2) is 0 Å². The maximum absolute atomic E-state index is 9.77. The first kappa shape index (κ1) is 13.7. The lowest BCUT2D eigenvalue weighted by atomic mass is 9.76. The van der Waals surface area contributed by atoms with Crippen LogP contribution in [0.4, 0.5) is 11.4 Å². The number of nitrogens with zero attached hydrogens (tertiary/aromatic N) is 1. The summed E-state index contributed by atoms with van der Waals surface area (Å²) in [5, 5.41) is 22.3. The van der Waals surface area contributed by atoms with Crippen molar-refractivity contribution in [2.45, 2.75) is 38.1 Å². The van der Waals surface area contributed by atoms with Gasteiger partial charge in [-0.05, 0) is 37.0 Å². The molecule has 4 N–H and O–H groups in total. The van der Waals surface area contributed by atoms with Gasteiger partial charge >= 0.3 is 0 Å². The van der Waals surface area contributed by atoms with Gasteiger partial charge in [0.05, 0.1) is 23.4 Å². The fourth-order valence-electron chi connectivity index (χ4n) is 3.01. The smallest absolute Gasteiger partial charge is 0.101 e. The maximum atomic E-state index is 9.77.